The highest BCUT2D eigenvalue weighted by molar-refractivity contribution is 7.89. The van der Waals surface area contributed by atoms with E-state index in [0.717, 1.165) is 16.0 Å². The van der Waals surface area contributed by atoms with Crippen LogP contribution in [0.4, 0.5) is 0 Å². The van der Waals surface area contributed by atoms with E-state index in [1.54, 1.807) is 18.2 Å². The lowest BCUT2D eigenvalue weighted by Crippen LogP contribution is -2.29. The molecule has 0 saturated heterocycles. The van der Waals surface area contributed by atoms with Crippen LogP contribution in [-0.2, 0) is 14.8 Å². The number of ether oxygens (including phenoxy) is 2. The van der Waals surface area contributed by atoms with Crippen LogP contribution >= 0.6 is 22.9 Å². The van der Waals surface area contributed by atoms with Gasteiger partial charge >= 0.3 is 0 Å². The Morgan fingerprint density at radius 1 is 1.21 bits per heavy atom. The minimum atomic E-state index is -3.73. The van der Waals surface area contributed by atoms with Crippen molar-refractivity contribution < 1.29 is 17.9 Å². The lowest BCUT2D eigenvalue weighted by Gasteiger charge is -2.17. The topological polar surface area (TPSA) is 64.6 Å². The predicted molar refractivity (Wildman–Crippen MR) is 96.7 cm³/mol. The summed E-state index contributed by atoms with van der Waals surface area (Å²) in [6, 6.07) is 6.91. The summed E-state index contributed by atoms with van der Waals surface area (Å²) in [7, 11) is -0.748. The summed E-state index contributed by atoms with van der Waals surface area (Å²) in [5.74, 6) is 0.318. The van der Waals surface area contributed by atoms with Crippen molar-refractivity contribution >= 4 is 33.0 Å². The van der Waals surface area contributed by atoms with Gasteiger partial charge in [0, 0.05) is 18.5 Å². The first kappa shape index (κ1) is 19.2. The number of thiophene rings is 1. The first-order chi connectivity index (χ1) is 11.3. The average molecular weight is 390 g/mol. The molecule has 0 aliphatic rings. The summed E-state index contributed by atoms with van der Waals surface area (Å²) >= 11 is 7.29. The molecule has 0 aliphatic heterocycles. The summed E-state index contributed by atoms with van der Waals surface area (Å²) in [4.78, 5) is 0.976. The Morgan fingerprint density at radius 3 is 2.42 bits per heavy atom. The molecule has 0 saturated carbocycles. The fourth-order valence-electron chi connectivity index (χ4n) is 2.20. The van der Waals surface area contributed by atoms with E-state index in [4.69, 9.17) is 21.1 Å². The molecule has 0 bridgehead atoms. The van der Waals surface area contributed by atoms with Crippen LogP contribution in [0.3, 0.4) is 0 Å². The highest BCUT2D eigenvalue weighted by Crippen LogP contribution is 2.30. The van der Waals surface area contributed by atoms with Gasteiger partial charge in [-0.25, -0.2) is 13.1 Å². The lowest BCUT2D eigenvalue weighted by atomic mass is 10.1. The summed E-state index contributed by atoms with van der Waals surface area (Å²) < 4.78 is 39.1. The molecule has 8 heteroatoms. The monoisotopic (exact) mass is 389 g/mol. The molecular formula is C16H20ClNO4S2. The van der Waals surface area contributed by atoms with Gasteiger partial charge in [0.25, 0.3) is 0 Å². The van der Waals surface area contributed by atoms with Crippen molar-refractivity contribution in [3.05, 3.63) is 44.6 Å². The van der Waals surface area contributed by atoms with Gasteiger partial charge in [0.1, 0.15) is 16.7 Å². The van der Waals surface area contributed by atoms with Crippen LogP contribution in [0.5, 0.6) is 5.75 Å². The third kappa shape index (κ3) is 4.29. The van der Waals surface area contributed by atoms with E-state index in [1.165, 1.54) is 25.6 Å². The normalized spacial score (nSPS) is 13.0. The number of aryl methyl sites for hydroxylation is 2. The van der Waals surface area contributed by atoms with Crippen molar-refractivity contribution in [3.63, 3.8) is 0 Å². The van der Waals surface area contributed by atoms with Gasteiger partial charge in [0.15, 0.2) is 0 Å². The number of halogens is 1. The van der Waals surface area contributed by atoms with E-state index < -0.39 is 16.1 Å². The Morgan fingerprint density at radius 2 is 1.88 bits per heavy atom. The molecule has 132 valence electrons. The first-order valence-electron chi connectivity index (χ1n) is 7.21. The number of nitrogens with one attached hydrogen (secondary N) is 1. The zero-order chi connectivity index (χ0) is 17.9. The quantitative estimate of drug-likeness (QED) is 0.784. The maximum absolute atomic E-state index is 12.7. The third-order valence-corrected chi connectivity index (χ3v) is 6.49. The second-order valence-electron chi connectivity index (χ2n) is 5.31. The third-order valence-electron chi connectivity index (χ3n) is 3.72. The average Bonchev–Trinajstić information content (AvgIpc) is 2.96. The standard InChI is InChI=1S/C16H20ClNO4S2/c1-10-7-12(21-3)15(8-11(10)2)24(19,20)18-9-13(22-4)14-5-6-16(17)23-14/h5-8,13,18H,9H2,1-4H3/t13-/m1/s1. The van der Waals surface area contributed by atoms with Gasteiger partial charge < -0.3 is 9.47 Å². The van der Waals surface area contributed by atoms with Gasteiger partial charge in [-0.3, -0.25) is 0 Å². The Bertz CT molecular complexity index is 817. The largest absolute Gasteiger partial charge is 0.495 e. The van der Waals surface area contributed by atoms with Crippen molar-refractivity contribution in [1.82, 2.24) is 4.72 Å². The van der Waals surface area contributed by atoms with Crippen molar-refractivity contribution in [3.8, 4) is 5.75 Å². The minimum Gasteiger partial charge on any atom is -0.495 e. The van der Waals surface area contributed by atoms with Crippen LogP contribution < -0.4 is 9.46 Å². The van der Waals surface area contributed by atoms with Crippen LogP contribution in [-0.4, -0.2) is 29.2 Å². The minimum absolute atomic E-state index is 0.103. The molecule has 24 heavy (non-hydrogen) atoms. The van der Waals surface area contributed by atoms with Gasteiger partial charge in [-0.15, -0.1) is 11.3 Å². The molecule has 1 aromatic heterocycles. The maximum Gasteiger partial charge on any atom is 0.244 e. The van der Waals surface area contributed by atoms with Crippen molar-refractivity contribution in [2.24, 2.45) is 0 Å². The molecular weight excluding hydrogens is 370 g/mol. The summed E-state index contributed by atoms with van der Waals surface area (Å²) in [5, 5.41) is 0. The van der Waals surface area contributed by atoms with Crippen LogP contribution in [0.25, 0.3) is 0 Å². The molecule has 0 fully saturated rings. The SMILES string of the molecule is COc1cc(C)c(C)cc1S(=O)(=O)NC[C@@H](OC)c1ccc(Cl)s1. The van der Waals surface area contributed by atoms with E-state index in [0.29, 0.717) is 10.1 Å². The van der Waals surface area contributed by atoms with Gasteiger partial charge in [-0.2, -0.15) is 0 Å². The number of hydrogen-bond donors (Lipinski definition) is 1. The molecule has 1 N–H and O–H groups in total. The van der Waals surface area contributed by atoms with E-state index in [1.807, 2.05) is 19.9 Å². The molecule has 5 nitrogen and oxygen atoms in total. The van der Waals surface area contributed by atoms with Crippen molar-refractivity contribution in [2.75, 3.05) is 20.8 Å². The molecule has 0 amide bonds. The fraction of sp³-hybridized carbons (Fsp3) is 0.375. The molecule has 0 radical (unpaired) electrons. The molecule has 0 spiro atoms. The molecule has 0 aliphatic carbocycles. The number of rotatable bonds is 7. The Balaban J connectivity index is 2.23. The summed E-state index contributed by atoms with van der Waals surface area (Å²) in [6.45, 7) is 3.87. The van der Waals surface area contributed by atoms with Crippen LogP contribution in [0.15, 0.2) is 29.2 Å². The molecule has 0 unspecified atom stereocenters. The highest BCUT2D eigenvalue weighted by atomic mass is 35.5. The molecule has 1 atom stereocenters. The fourth-order valence-corrected chi connectivity index (χ4v) is 4.60. The van der Waals surface area contributed by atoms with Crippen molar-refractivity contribution in [2.45, 2.75) is 24.8 Å². The molecule has 2 rings (SSSR count). The van der Waals surface area contributed by atoms with E-state index in [-0.39, 0.29) is 11.4 Å². The second-order valence-corrected chi connectivity index (χ2v) is 8.79. The number of hydrogen-bond acceptors (Lipinski definition) is 5. The van der Waals surface area contributed by atoms with E-state index in [2.05, 4.69) is 4.72 Å². The lowest BCUT2D eigenvalue weighted by molar-refractivity contribution is 0.110. The first-order valence-corrected chi connectivity index (χ1v) is 9.89. The summed E-state index contributed by atoms with van der Waals surface area (Å²) in [6.07, 6.45) is -0.408. The number of benzene rings is 1. The molecule has 2 aromatic rings. The van der Waals surface area contributed by atoms with Gasteiger partial charge in [-0.05, 0) is 49.2 Å². The van der Waals surface area contributed by atoms with Gasteiger partial charge in [-0.1, -0.05) is 11.6 Å². The van der Waals surface area contributed by atoms with Crippen LogP contribution in [0, 0.1) is 13.8 Å². The highest BCUT2D eigenvalue weighted by Gasteiger charge is 2.23. The number of sulfonamides is 1. The van der Waals surface area contributed by atoms with Crippen molar-refractivity contribution in [1.29, 1.82) is 0 Å². The Hall–Kier alpha value is -1.12. The zero-order valence-electron chi connectivity index (χ0n) is 13.9. The predicted octanol–water partition coefficient (Wildman–Crippen LogP) is 3.69. The smallest absolute Gasteiger partial charge is 0.244 e. The second kappa shape index (κ2) is 7.84. The molecule has 1 heterocycles. The van der Waals surface area contributed by atoms with E-state index >= 15 is 0 Å². The van der Waals surface area contributed by atoms with Gasteiger partial charge in [0.2, 0.25) is 10.0 Å². The van der Waals surface area contributed by atoms with Gasteiger partial charge in [0.05, 0.1) is 11.4 Å². The Labute approximate surface area is 151 Å². The van der Waals surface area contributed by atoms with E-state index in [9.17, 15) is 8.42 Å². The Kier molecular flexibility index (Phi) is 6.28. The number of methoxy groups -OCH3 is 2. The van der Waals surface area contributed by atoms with Crippen LogP contribution in [0.1, 0.15) is 22.1 Å². The van der Waals surface area contributed by atoms with Crippen LogP contribution in [0.2, 0.25) is 4.34 Å². The summed E-state index contributed by atoms with van der Waals surface area (Å²) in [5.41, 5.74) is 1.85. The molecule has 1 aromatic carbocycles. The maximum atomic E-state index is 12.7. The zero-order valence-corrected chi connectivity index (χ0v) is 16.3.